The van der Waals surface area contributed by atoms with Crippen LogP contribution in [0.1, 0.15) is 5.56 Å². The van der Waals surface area contributed by atoms with E-state index in [4.69, 9.17) is 0 Å². The minimum Gasteiger partial charge on any atom is -0.354 e. The van der Waals surface area contributed by atoms with Gasteiger partial charge in [-0.25, -0.2) is 9.78 Å². The molecule has 34 heavy (non-hydrogen) atoms. The highest BCUT2D eigenvalue weighted by Gasteiger charge is 2.20. The SMILES string of the molecule is Cc1ccccc1-c1cc(=O)n(CCN2CCN(c3nccc4ccccc34)CC2)c(=O)n1C. The van der Waals surface area contributed by atoms with Gasteiger partial charge in [-0.2, -0.15) is 0 Å². The molecule has 0 radical (unpaired) electrons. The van der Waals surface area contributed by atoms with E-state index in [1.807, 2.05) is 55.6 Å². The van der Waals surface area contributed by atoms with Crippen LogP contribution >= 0.6 is 0 Å². The van der Waals surface area contributed by atoms with Crippen molar-refractivity contribution in [3.63, 3.8) is 0 Å². The standard InChI is InChI=1S/C27H29N5O2/c1-20-7-3-5-9-22(20)24-19-25(33)32(27(34)29(24)2)18-15-30-13-16-31(17-14-30)26-23-10-6-4-8-21(23)11-12-28-26/h3-12,19H,13-18H2,1-2H3. The maximum atomic E-state index is 13.0. The fraction of sp³-hybridized carbons (Fsp3) is 0.296. The summed E-state index contributed by atoms with van der Waals surface area (Å²) in [6.45, 7) is 6.48. The van der Waals surface area contributed by atoms with Crippen LogP contribution in [0.25, 0.3) is 22.0 Å². The van der Waals surface area contributed by atoms with Crippen LogP contribution in [0.15, 0.2) is 76.4 Å². The van der Waals surface area contributed by atoms with E-state index in [0.717, 1.165) is 43.1 Å². The second-order valence-electron chi connectivity index (χ2n) is 8.86. The third kappa shape index (κ3) is 4.15. The number of fused-ring (bicyclic) bond motifs is 1. The van der Waals surface area contributed by atoms with E-state index >= 15 is 0 Å². The zero-order valence-electron chi connectivity index (χ0n) is 19.6. The van der Waals surface area contributed by atoms with Crippen LogP contribution < -0.4 is 16.1 Å². The number of pyridine rings is 1. The lowest BCUT2D eigenvalue weighted by molar-refractivity contribution is 0.245. The van der Waals surface area contributed by atoms with Crippen molar-refractivity contribution in [2.24, 2.45) is 7.05 Å². The van der Waals surface area contributed by atoms with Crippen molar-refractivity contribution in [3.8, 4) is 11.3 Å². The Morgan fingerprint density at radius 2 is 1.62 bits per heavy atom. The molecule has 0 bridgehead atoms. The van der Waals surface area contributed by atoms with Gasteiger partial charge in [-0.05, 0) is 23.9 Å². The Morgan fingerprint density at radius 1 is 0.882 bits per heavy atom. The van der Waals surface area contributed by atoms with Crippen molar-refractivity contribution < 1.29 is 0 Å². The number of aromatic nitrogens is 3. The molecule has 1 saturated heterocycles. The summed E-state index contributed by atoms with van der Waals surface area (Å²) < 4.78 is 2.92. The first-order chi connectivity index (χ1) is 16.5. The highest BCUT2D eigenvalue weighted by atomic mass is 16.2. The van der Waals surface area contributed by atoms with E-state index in [1.165, 1.54) is 15.3 Å². The molecular formula is C27H29N5O2. The van der Waals surface area contributed by atoms with Crippen LogP contribution in [-0.4, -0.2) is 51.7 Å². The van der Waals surface area contributed by atoms with E-state index in [2.05, 4.69) is 26.9 Å². The zero-order valence-corrected chi connectivity index (χ0v) is 19.6. The van der Waals surface area contributed by atoms with Crippen LogP contribution in [0.5, 0.6) is 0 Å². The molecule has 0 atom stereocenters. The number of nitrogens with zero attached hydrogens (tertiary/aromatic N) is 5. The van der Waals surface area contributed by atoms with E-state index in [-0.39, 0.29) is 11.2 Å². The van der Waals surface area contributed by atoms with Gasteiger partial charge >= 0.3 is 5.69 Å². The van der Waals surface area contributed by atoms with Gasteiger partial charge < -0.3 is 4.90 Å². The number of aryl methyl sites for hydroxylation is 1. The molecule has 7 heteroatoms. The maximum absolute atomic E-state index is 13.0. The number of anilines is 1. The van der Waals surface area contributed by atoms with Crippen molar-refractivity contribution in [1.82, 2.24) is 19.0 Å². The van der Waals surface area contributed by atoms with Gasteiger partial charge in [-0.15, -0.1) is 0 Å². The smallest absolute Gasteiger partial charge is 0.331 e. The summed E-state index contributed by atoms with van der Waals surface area (Å²) in [6, 6.07) is 19.7. The van der Waals surface area contributed by atoms with Crippen LogP contribution in [-0.2, 0) is 13.6 Å². The quantitative estimate of drug-likeness (QED) is 0.463. The summed E-state index contributed by atoms with van der Waals surface area (Å²) in [5.41, 5.74) is 2.07. The number of hydrogen-bond donors (Lipinski definition) is 0. The number of rotatable bonds is 5. The molecule has 1 fully saturated rings. The average Bonchev–Trinajstić information content (AvgIpc) is 2.87. The summed E-state index contributed by atoms with van der Waals surface area (Å²) in [7, 11) is 1.73. The summed E-state index contributed by atoms with van der Waals surface area (Å²) in [5, 5.41) is 2.36. The van der Waals surface area contributed by atoms with Crippen LogP contribution in [0, 0.1) is 6.92 Å². The van der Waals surface area contributed by atoms with Gasteiger partial charge in [0.25, 0.3) is 5.56 Å². The van der Waals surface area contributed by atoms with Crippen molar-refractivity contribution in [2.45, 2.75) is 13.5 Å². The molecule has 0 N–H and O–H groups in total. The lowest BCUT2D eigenvalue weighted by Gasteiger charge is -2.35. The minimum atomic E-state index is -0.274. The van der Waals surface area contributed by atoms with E-state index < -0.39 is 0 Å². The normalized spacial score (nSPS) is 14.6. The van der Waals surface area contributed by atoms with Gasteiger partial charge in [-0.3, -0.25) is 18.8 Å². The Bertz CT molecular complexity index is 1440. The second-order valence-corrected chi connectivity index (χ2v) is 8.86. The van der Waals surface area contributed by atoms with Gasteiger partial charge in [0.2, 0.25) is 0 Å². The molecule has 5 rings (SSSR count). The Balaban J connectivity index is 1.28. The monoisotopic (exact) mass is 455 g/mol. The molecule has 2 aromatic heterocycles. The molecule has 7 nitrogen and oxygen atoms in total. The van der Waals surface area contributed by atoms with Crippen LogP contribution in [0.2, 0.25) is 0 Å². The van der Waals surface area contributed by atoms with Crippen molar-refractivity contribution in [2.75, 3.05) is 37.6 Å². The predicted octanol–water partition coefficient (Wildman–Crippen LogP) is 2.89. The Kier molecular flexibility index (Phi) is 6.02. The van der Waals surface area contributed by atoms with E-state index in [1.54, 1.807) is 17.7 Å². The fourth-order valence-corrected chi connectivity index (χ4v) is 4.78. The van der Waals surface area contributed by atoms with Crippen molar-refractivity contribution >= 4 is 16.6 Å². The molecule has 174 valence electrons. The van der Waals surface area contributed by atoms with Crippen LogP contribution in [0.4, 0.5) is 5.82 Å². The van der Waals surface area contributed by atoms with Crippen molar-refractivity contribution in [3.05, 3.63) is 93.3 Å². The molecule has 0 spiro atoms. The first-order valence-corrected chi connectivity index (χ1v) is 11.7. The van der Waals surface area contributed by atoms with E-state index in [9.17, 15) is 9.59 Å². The molecule has 0 amide bonds. The zero-order chi connectivity index (χ0) is 23.7. The van der Waals surface area contributed by atoms with Gasteiger partial charge in [0.15, 0.2) is 0 Å². The largest absolute Gasteiger partial charge is 0.354 e. The Morgan fingerprint density at radius 3 is 2.41 bits per heavy atom. The summed E-state index contributed by atoms with van der Waals surface area (Å²) >= 11 is 0. The lowest BCUT2D eigenvalue weighted by Crippen LogP contribution is -2.49. The number of piperazine rings is 1. The first kappa shape index (κ1) is 22.1. The van der Waals surface area contributed by atoms with Gasteiger partial charge in [0, 0.05) is 69.5 Å². The molecule has 1 aliphatic heterocycles. The lowest BCUT2D eigenvalue weighted by atomic mass is 10.1. The highest BCUT2D eigenvalue weighted by Crippen LogP contribution is 2.25. The topological polar surface area (TPSA) is 63.4 Å². The molecule has 2 aromatic carbocycles. The summed E-state index contributed by atoms with van der Waals surface area (Å²) in [5.74, 6) is 1.02. The fourth-order valence-electron chi connectivity index (χ4n) is 4.78. The number of benzene rings is 2. The Labute approximate surface area is 198 Å². The first-order valence-electron chi connectivity index (χ1n) is 11.7. The summed E-state index contributed by atoms with van der Waals surface area (Å²) in [6.07, 6.45) is 1.87. The second kappa shape index (κ2) is 9.27. The third-order valence-corrected chi connectivity index (χ3v) is 6.79. The number of hydrogen-bond acceptors (Lipinski definition) is 5. The van der Waals surface area contributed by atoms with Crippen LogP contribution in [0.3, 0.4) is 0 Å². The van der Waals surface area contributed by atoms with E-state index in [0.29, 0.717) is 18.8 Å². The molecule has 0 aliphatic carbocycles. The van der Waals surface area contributed by atoms with Crippen molar-refractivity contribution in [1.29, 1.82) is 0 Å². The van der Waals surface area contributed by atoms with Gasteiger partial charge in [0.05, 0.1) is 5.69 Å². The highest BCUT2D eigenvalue weighted by molar-refractivity contribution is 5.92. The molecule has 1 aliphatic rings. The summed E-state index contributed by atoms with van der Waals surface area (Å²) in [4.78, 5) is 35.1. The maximum Gasteiger partial charge on any atom is 0.331 e. The average molecular weight is 456 g/mol. The predicted molar refractivity (Wildman–Crippen MR) is 137 cm³/mol. The van der Waals surface area contributed by atoms with Gasteiger partial charge in [-0.1, -0.05) is 48.5 Å². The molecular weight excluding hydrogens is 426 g/mol. The molecule has 0 unspecified atom stereocenters. The molecule has 4 aromatic rings. The minimum absolute atomic E-state index is 0.250. The molecule has 0 saturated carbocycles. The third-order valence-electron chi connectivity index (χ3n) is 6.79. The Hall–Kier alpha value is -3.71. The molecule has 3 heterocycles. The van der Waals surface area contributed by atoms with Gasteiger partial charge in [0.1, 0.15) is 5.82 Å².